The summed E-state index contributed by atoms with van der Waals surface area (Å²) in [5.41, 5.74) is 6.34. The molecular weight excluding hydrogens is 252 g/mol. The van der Waals surface area contributed by atoms with Gasteiger partial charge in [-0.1, -0.05) is 23.1 Å². The summed E-state index contributed by atoms with van der Waals surface area (Å²) in [7, 11) is 0. The summed E-state index contributed by atoms with van der Waals surface area (Å²) in [5, 5.41) is 2.52. The van der Waals surface area contributed by atoms with E-state index in [2.05, 4.69) is 15.0 Å². The number of nitrogens with two attached hydrogens (primary N) is 1. The number of rotatable bonds is 2. The predicted molar refractivity (Wildman–Crippen MR) is 70.2 cm³/mol. The Morgan fingerprint density at radius 3 is 2.94 bits per heavy atom. The highest BCUT2D eigenvalue weighted by Gasteiger charge is 2.04. The largest absolute Gasteiger partial charge is 0.375 e. The molecule has 0 fully saturated rings. The summed E-state index contributed by atoms with van der Waals surface area (Å²) in [6, 6.07) is 7.89. The quantitative estimate of drug-likeness (QED) is 0.767. The summed E-state index contributed by atoms with van der Waals surface area (Å²) in [6.45, 7) is 0. The first kappa shape index (κ1) is 10.5. The third-order valence-electron chi connectivity index (χ3n) is 2.15. The molecule has 17 heavy (non-hydrogen) atoms. The lowest BCUT2D eigenvalue weighted by atomic mass is 10.3. The molecule has 0 aliphatic carbocycles. The molecule has 84 valence electrons. The summed E-state index contributed by atoms with van der Waals surface area (Å²) < 4.78 is 1.03. The molecule has 0 aromatic carbocycles. The fourth-order valence-corrected chi connectivity index (χ4v) is 3.09. The van der Waals surface area contributed by atoms with Crippen molar-refractivity contribution in [3.63, 3.8) is 0 Å². The van der Waals surface area contributed by atoms with Gasteiger partial charge in [0.05, 0.1) is 10.4 Å². The fraction of sp³-hybridized carbons (Fsp3) is 0. The van der Waals surface area contributed by atoms with Crippen LogP contribution in [0.5, 0.6) is 0 Å². The van der Waals surface area contributed by atoms with Crippen LogP contribution < -0.4 is 5.73 Å². The maximum Gasteiger partial charge on any atom is 0.181 e. The van der Waals surface area contributed by atoms with E-state index < -0.39 is 0 Å². The summed E-state index contributed by atoms with van der Waals surface area (Å²) in [4.78, 5) is 12.7. The van der Waals surface area contributed by atoms with Crippen LogP contribution in [0.3, 0.4) is 0 Å². The number of nitrogens with zero attached hydrogens (tertiary/aromatic N) is 3. The van der Waals surface area contributed by atoms with E-state index in [1.165, 1.54) is 11.3 Å². The van der Waals surface area contributed by atoms with Crippen LogP contribution in [0.25, 0.3) is 11.0 Å². The van der Waals surface area contributed by atoms with Gasteiger partial charge in [-0.05, 0) is 24.3 Å². The van der Waals surface area contributed by atoms with Gasteiger partial charge >= 0.3 is 0 Å². The number of anilines is 1. The average Bonchev–Trinajstić information content (AvgIpc) is 2.75. The highest BCUT2D eigenvalue weighted by Crippen LogP contribution is 2.32. The molecule has 0 bridgehead atoms. The number of nitrogen functional groups attached to an aromatic ring is 1. The minimum atomic E-state index is 0.575. The normalized spacial score (nSPS) is 10.8. The Kier molecular flexibility index (Phi) is 2.66. The SMILES string of the molecule is Nc1ncc(Sc2ccc3cccnc3n2)s1. The van der Waals surface area contributed by atoms with E-state index in [0.717, 1.165) is 20.3 Å². The zero-order chi connectivity index (χ0) is 11.7. The molecule has 0 atom stereocenters. The van der Waals surface area contributed by atoms with Crippen molar-refractivity contribution in [2.75, 3.05) is 5.73 Å². The average molecular weight is 260 g/mol. The van der Waals surface area contributed by atoms with Crippen molar-refractivity contribution in [1.29, 1.82) is 0 Å². The third kappa shape index (κ3) is 2.22. The molecule has 0 unspecified atom stereocenters. The molecule has 3 heterocycles. The summed E-state index contributed by atoms with van der Waals surface area (Å²) in [6.07, 6.45) is 3.50. The number of thiazole rings is 1. The molecule has 3 aromatic rings. The van der Waals surface area contributed by atoms with Crippen molar-refractivity contribution in [3.8, 4) is 0 Å². The van der Waals surface area contributed by atoms with Gasteiger partial charge in [0.15, 0.2) is 10.8 Å². The maximum absolute atomic E-state index is 5.58. The highest BCUT2D eigenvalue weighted by molar-refractivity contribution is 8.01. The zero-order valence-corrected chi connectivity index (χ0v) is 10.3. The van der Waals surface area contributed by atoms with Crippen LogP contribution in [0, 0.1) is 0 Å². The number of aromatic nitrogens is 3. The van der Waals surface area contributed by atoms with Gasteiger partial charge in [-0.3, -0.25) is 0 Å². The molecule has 3 rings (SSSR count). The van der Waals surface area contributed by atoms with E-state index in [9.17, 15) is 0 Å². The Balaban J connectivity index is 1.95. The Morgan fingerprint density at radius 2 is 2.12 bits per heavy atom. The summed E-state index contributed by atoms with van der Waals surface area (Å²) in [5.74, 6) is 0. The molecule has 6 heteroatoms. The van der Waals surface area contributed by atoms with Crippen molar-refractivity contribution < 1.29 is 0 Å². The predicted octanol–water partition coefficient (Wildman–Crippen LogP) is 2.82. The van der Waals surface area contributed by atoms with Crippen LogP contribution in [-0.4, -0.2) is 15.0 Å². The van der Waals surface area contributed by atoms with Gasteiger partial charge in [0, 0.05) is 11.6 Å². The molecule has 2 N–H and O–H groups in total. The van der Waals surface area contributed by atoms with E-state index in [-0.39, 0.29) is 0 Å². The molecule has 0 amide bonds. The minimum Gasteiger partial charge on any atom is -0.375 e. The van der Waals surface area contributed by atoms with Crippen LogP contribution in [0.4, 0.5) is 5.13 Å². The molecule has 0 aliphatic heterocycles. The molecule has 0 saturated carbocycles. The van der Waals surface area contributed by atoms with Gasteiger partial charge in [0.2, 0.25) is 0 Å². The van der Waals surface area contributed by atoms with E-state index in [4.69, 9.17) is 5.73 Å². The number of pyridine rings is 2. The monoisotopic (exact) mass is 260 g/mol. The molecule has 4 nitrogen and oxygen atoms in total. The van der Waals surface area contributed by atoms with Gasteiger partial charge in [0.1, 0.15) is 5.03 Å². The van der Waals surface area contributed by atoms with E-state index in [0.29, 0.717) is 5.13 Å². The second kappa shape index (κ2) is 4.31. The van der Waals surface area contributed by atoms with Crippen LogP contribution in [0.15, 0.2) is 45.9 Å². The smallest absolute Gasteiger partial charge is 0.181 e. The Labute approximate surface area is 106 Å². The van der Waals surface area contributed by atoms with Gasteiger partial charge in [-0.2, -0.15) is 0 Å². The molecule has 3 aromatic heterocycles. The third-order valence-corrected chi connectivity index (χ3v) is 4.01. The highest BCUT2D eigenvalue weighted by atomic mass is 32.2. The number of hydrogen-bond acceptors (Lipinski definition) is 6. The van der Waals surface area contributed by atoms with Crippen LogP contribution in [0.1, 0.15) is 0 Å². The van der Waals surface area contributed by atoms with Crippen LogP contribution >= 0.6 is 23.1 Å². The Bertz CT molecular complexity index is 665. The van der Waals surface area contributed by atoms with Crippen LogP contribution in [0.2, 0.25) is 0 Å². The first-order valence-electron chi connectivity index (χ1n) is 4.92. The second-order valence-electron chi connectivity index (χ2n) is 3.32. The lowest BCUT2D eigenvalue weighted by molar-refractivity contribution is 1.15. The Morgan fingerprint density at radius 1 is 1.18 bits per heavy atom. The van der Waals surface area contributed by atoms with E-state index in [1.807, 2.05) is 24.3 Å². The number of hydrogen-bond donors (Lipinski definition) is 1. The second-order valence-corrected chi connectivity index (χ2v) is 5.70. The van der Waals surface area contributed by atoms with Gasteiger partial charge < -0.3 is 5.73 Å². The lowest BCUT2D eigenvalue weighted by Crippen LogP contribution is -1.84. The first-order valence-corrected chi connectivity index (χ1v) is 6.55. The first-order chi connectivity index (χ1) is 8.31. The van der Waals surface area contributed by atoms with E-state index >= 15 is 0 Å². The Hall–Kier alpha value is -1.66. The van der Waals surface area contributed by atoms with Crippen molar-refractivity contribution in [3.05, 3.63) is 36.7 Å². The minimum absolute atomic E-state index is 0.575. The van der Waals surface area contributed by atoms with Gasteiger partial charge in [0.25, 0.3) is 0 Å². The molecule has 0 spiro atoms. The molecule has 0 radical (unpaired) electrons. The molecule has 0 saturated heterocycles. The van der Waals surface area contributed by atoms with Crippen molar-refractivity contribution in [1.82, 2.24) is 15.0 Å². The number of fused-ring (bicyclic) bond motifs is 1. The fourth-order valence-electron chi connectivity index (χ4n) is 1.41. The van der Waals surface area contributed by atoms with Crippen molar-refractivity contribution in [2.45, 2.75) is 9.24 Å². The lowest BCUT2D eigenvalue weighted by Gasteiger charge is -1.99. The van der Waals surface area contributed by atoms with E-state index in [1.54, 1.807) is 24.2 Å². The zero-order valence-electron chi connectivity index (χ0n) is 8.70. The van der Waals surface area contributed by atoms with Crippen molar-refractivity contribution in [2.24, 2.45) is 0 Å². The van der Waals surface area contributed by atoms with Gasteiger partial charge in [-0.25, -0.2) is 15.0 Å². The molecule has 0 aliphatic rings. The van der Waals surface area contributed by atoms with Crippen molar-refractivity contribution >= 4 is 39.3 Å². The van der Waals surface area contributed by atoms with Gasteiger partial charge in [-0.15, -0.1) is 0 Å². The molecular formula is C11H8N4S2. The van der Waals surface area contributed by atoms with Crippen LogP contribution in [-0.2, 0) is 0 Å². The standard InChI is InChI=1S/C11H8N4S2/c12-11-14-6-9(17-11)16-8-4-3-7-2-1-5-13-10(7)15-8/h1-6H,(H2,12,14). The maximum atomic E-state index is 5.58. The topological polar surface area (TPSA) is 64.7 Å². The summed E-state index contributed by atoms with van der Waals surface area (Å²) >= 11 is 3.01.